The minimum Gasteiger partial charge on any atom is -0.298 e. The van der Waals surface area contributed by atoms with Crippen LogP contribution in [0.1, 0.15) is 21.5 Å². The number of non-ortho nitro benzene ring substituents is 1. The summed E-state index contributed by atoms with van der Waals surface area (Å²) in [5, 5.41) is 25.0. The van der Waals surface area contributed by atoms with Gasteiger partial charge in [0, 0.05) is 11.6 Å². The maximum Gasteiger partial charge on any atom is 0.279 e. The van der Waals surface area contributed by atoms with Crippen LogP contribution in [0, 0.1) is 34.1 Å². The fourth-order valence-electron chi connectivity index (χ4n) is 2.46. The van der Waals surface area contributed by atoms with Gasteiger partial charge in [-0.05, 0) is 31.5 Å². The van der Waals surface area contributed by atoms with Crippen LogP contribution in [0.25, 0.3) is 10.2 Å². The number of hydrogen-bond donors (Lipinski definition) is 1. The Bertz CT molecular complexity index is 1080. The Morgan fingerprint density at radius 2 is 1.85 bits per heavy atom. The number of rotatable bonds is 4. The maximum atomic E-state index is 12.5. The molecule has 10 heteroatoms. The third-order valence-electron chi connectivity index (χ3n) is 3.78. The van der Waals surface area contributed by atoms with E-state index >= 15 is 0 Å². The van der Waals surface area contributed by atoms with Gasteiger partial charge in [0.15, 0.2) is 5.13 Å². The van der Waals surface area contributed by atoms with Gasteiger partial charge < -0.3 is 0 Å². The molecular weight excluding hydrogens is 360 g/mol. The molecule has 3 aromatic rings. The quantitative estimate of drug-likeness (QED) is 0.545. The zero-order chi connectivity index (χ0) is 19.0. The first-order valence-corrected chi connectivity index (χ1v) is 8.20. The van der Waals surface area contributed by atoms with Gasteiger partial charge in [-0.1, -0.05) is 17.4 Å². The lowest BCUT2D eigenvalue weighted by Gasteiger charge is -2.06. The van der Waals surface area contributed by atoms with Crippen LogP contribution in [-0.4, -0.2) is 20.7 Å². The molecule has 1 heterocycles. The number of nitro groups is 2. The van der Waals surface area contributed by atoms with E-state index in [0.717, 1.165) is 22.4 Å². The largest absolute Gasteiger partial charge is 0.298 e. The molecule has 0 aliphatic heterocycles. The van der Waals surface area contributed by atoms with Crippen LogP contribution in [0.15, 0.2) is 30.3 Å². The van der Waals surface area contributed by atoms with E-state index in [2.05, 4.69) is 10.3 Å². The lowest BCUT2D eigenvalue weighted by molar-refractivity contribution is -0.394. The van der Waals surface area contributed by atoms with E-state index in [0.29, 0.717) is 10.6 Å². The van der Waals surface area contributed by atoms with Crippen molar-refractivity contribution in [3.8, 4) is 0 Å². The standard InChI is InChI=1S/C16H12N4O5S/c1-8-3-4-12-14(5-8)26-16(17-12)18-15(21)11-6-10(19(22)23)7-13(9(11)2)20(24)25/h3-7H,1-2H3,(H,17,18,21). The van der Waals surface area contributed by atoms with Gasteiger partial charge in [-0.3, -0.25) is 30.3 Å². The topological polar surface area (TPSA) is 128 Å². The number of aryl methyl sites for hydroxylation is 1. The number of nitro benzene ring substituents is 2. The predicted molar refractivity (Wildman–Crippen MR) is 96.8 cm³/mol. The number of anilines is 1. The predicted octanol–water partition coefficient (Wildman–Crippen LogP) is 3.98. The highest BCUT2D eigenvalue weighted by atomic mass is 32.1. The van der Waals surface area contributed by atoms with Gasteiger partial charge in [-0.2, -0.15) is 0 Å². The molecule has 0 radical (unpaired) electrons. The molecule has 3 rings (SSSR count). The Labute approximate surface area is 150 Å². The van der Waals surface area contributed by atoms with E-state index in [-0.39, 0.29) is 11.1 Å². The highest BCUT2D eigenvalue weighted by Crippen LogP contribution is 2.30. The number of nitrogens with one attached hydrogen (secondary N) is 1. The second-order valence-electron chi connectivity index (χ2n) is 5.60. The van der Waals surface area contributed by atoms with Crippen LogP contribution in [0.3, 0.4) is 0 Å². The van der Waals surface area contributed by atoms with Crippen LogP contribution in [-0.2, 0) is 0 Å². The van der Waals surface area contributed by atoms with E-state index in [4.69, 9.17) is 0 Å². The van der Waals surface area contributed by atoms with Crippen molar-refractivity contribution < 1.29 is 14.6 Å². The summed E-state index contributed by atoms with van der Waals surface area (Å²) in [5.41, 5.74) is 0.662. The molecule has 0 fully saturated rings. The highest BCUT2D eigenvalue weighted by Gasteiger charge is 2.25. The summed E-state index contributed by atoms with van der Waals surface area (Å²) in [7, 11) is 0. The fourth-order valence-corrected chi connectivity index (χ4v) is 3.42. The van der Waals surface area contributed by atoms with Crippen LogP contribution in [0.4, 0.5) is 16.5 Å². The minimum absolute atomic E-state index is 0.0510. The number of fused-ring (bicyclic) bond motifs is 1. The van der Waals surface area contributed by atoms with Crippen LogP contribution < -0.4 is 5.32 Å². The number of hydrogen-bond acceptors (Lipinski definition) is 7. The van der Waals surface area contributed by atoms with Gasteiger partial charge in [0.25, 0.3) is 17.3 Å². The third-order valence-corrected chi connectivity index (χ3v) is 4.72. The van der Waals surface area contributed by atoms with Crippen molar-refractivity contribution in [2.75, 3.05) is 5.32 Å². The number of amides is 1. The first-order chi connectivity index (χ1) is 12.3. The molecule has 0 saturated heterocycles. The number of benzene rings is 2. The molecule has 0 bridgehead atoms. The van der Waals surface area contributed by atoms with Crippen LogP contribution in [0.5, 0.6) is 0 Å². The molecule has 1 amide bonds. The molecule has 9 nitrogen and oxygen atoms in total. The molecule has 0 unspecified atom stereocenters. The monoisotopic (exact) mass is 372 g/mol. The minimum atomic E-state index is -0.774. The van der Waals surface area contributed by atoms with E-state index in [9.17, 15) is 25.0 Å². The summed E-state index contributed by atoms with van der Waals surface area (Å²) in [4.78, 5) is 37.4. The van der Waals surface area contributed by atoms with E-state index in [1.54, 1.807) is 0 Å². The smallest absolute Gasteiger partial charge is 0.279 e. The number of nitrogens with zero attached hydrogens (tertiary/aromatic N) is 3. The average Bonchev–Trinajstić information content (AvgIpc) is 2.95. The zero-order valence-electron chi connectivity index (χ0n) is 13.7. The molecule has 0 aliphatic carbocycles. The molecule has 1 N–H and O–H groups in total. The van der Waals surface area contributed by atoms with E-state index in [1.165, 1.54) is 18.3 Å². The van der Waals surface area contributed by atoms with Crippen molar-refractivity contribution in [1.82, 2.24) is 4.98 Å². The highest BCUT2D eigenvalue weighted by molar-refractivity contribution is 7.22. The van der Waals surface area contributed by atoms with Crippen molar-refractivity contribution >= 4 is 44.0 Å². The third kappa shape index (κ3) is 3.22. The second kappa shape index (κ2) is 6.48. The Hall–Kier alpha value is -3.40. The van der Waals surface area contributed by atoms with Gasteiger partial charge in [0.1, 0.15) is 0 Å². The Morgan fingerprint density at radius 1 is 1.12 bits per heavy atom. The molecule has 0 aliphatic rings. The van der Waals surface area contributed by atoms with Gasteiger partial charge >= 0.3 is 0 Å². The Morgan fingerprint density at radius 3 is 2.50 bits per heavy atom. The summed E-state index contributed by atoms with van der Waals surface area (Å²) < 4.78 is 0.877. The van der Waals surface area contributed by atoms with Crippen molar-refractivity contribution in [2.24, 2.45) is 0 Å². The molecule has 0 spiro atoms. The first-order valence-electron chi connectivity index (χ1n) is 7.38. The average molecular weight is 372 g/mol. The van der Waals surface area contributed by atoms with Gasteiger partial charge in [0.2, 0.25) is 0 Å². The number of aromatic nitrogens is 1. The van der Waals surface area contributed by atoms with Crippen molar-refractivity contribution in [3.05, 3.63) is 67.3 Å². The van der Waals surface area contributed by atoms with Crippen LogP contribution in [0.2, 0.25) is 0 Å². The second-order valence-corrected chi connectivity index (χ2v) is 6.63. The van der Waals surface area contributed by atoms with Gasteiger partial charge in [-0.25, -0.2) is 4.98 Å². The fraction of sp³-hybridized carbons (Fsp3) is 0.125. The summed E-state index contributed by atoms with van der Waals surface area (Å²) in [6, 6.07) is 7.50. The maximum absolute atomic E-state index is 12.5. The Balaban J connectivity index is 2.00. The number of carbonyl (C=O) groups is 1. The first kappa shape index (κ1) is 17.4. The summed E-state index contributed by atoms with van der Waals surface area (Å²) in [5.74, 6) is -0.690. The summed E-state index contributed by atoms with van der Waals surface area (Å²) in [6.07, 6.45) is 0. The lowest BCUT2D eigenvalue weighted by Crippen LogP contribution is -2.14. The van der Waals surface area contributed by atoms with E-state index in [1.807, 2.05) is 25.1 Å². The normalized spacial score (nSPS) is 10.7. The SMILES string of the molecule is Cc1ccc2nc(NC(=O)c3cc([N+](=O)[O-])cc([N+](=O)[O-])c3C)sc2c1. The molecule has 0 atom stereocenters. The lowest BCUT2D eigenvalue weighted by atomic mass is 10.0. The number of thiazole rings is 1. The van der Waals surface area contributed by atoms with Gasteiger partial charge in [0.05, 0.1) is 31.7 Å². The van der Waals surface area contributed by atoms with Crippen LogP contribution >= 0.6 is 11.3 Å². The summed E-state index contributed by atoms with van der Waals surface area (Å²) >= 11 is 1.25. The number of carbonyl (C=O) groups excluding carboxylic acids is 1. The molecule has 0 saturated carbocycles. The van der Waals surface area contributed by atoms with Crippen molar-refractivity contribution in [2.45, 2.75) is 13.8 Å². The van der Waals surface area contributed by atoms with Crippen molar-refractivity contribution in [1.29, 1.82) is 0 Å². The zero-order valence-corrected chi connectivity index (χ0v) is 14.5. The summed E-state index contributed by atoms with van der Waals surface area (Å²) in [6.45, 7) is 3.31. The molecule has 2 aromatic carbocycles. The van der Waals surface area contributed by atoms with Crippen molar-refractivity contribution in [3.63, 3.8) is 0 Å². The molecule has 26 heavy (non-hydrogen) atoms. The van der Waals surface area contributed by atoms with E-state index < -0.39 is 27.1 Å². The molecular formula is C16H12N4O5S. The Kier molecular flexibility index (Phi) is 4.34. The molecule has 132 valence electrons. The molecule has 1 aromatic heterocycles. The van der Waals surface area contributed by atoms with Gasteiger partial charge in [-0.15, -0.1) is 0 Å².